The standard InChI is InChI=1S/C33H41ClN6O3/c1-33(2,32(42)38-15-12-35-13-16-38)43-29-7-3-6-28(18-29)39-14-4-5-25(21-39)31(41)40(27-10-11-27)22-24-9-8-23(17-30(24)34)26-19-36-37-20-26/h3,6-9,17-20,25,27,35H,4-5,10-16,21-22H2,1-2H3,(H,36,37). The number of carbonyl (C=O) groups excluding carboxylic acids is 2. The first kappa shape index (κ1) is 29.5. The van der Waals surface area contributed by atoms with Crippen LogP contribution in [-0.2, 0) is 16.1 Å². The van der Waals surface area contributed by atoms with E-state index in [0.29, 0.717) is 37.0 Å². The van der Waals surface area contributed by atoms with Crippen LogP contribution in [0, 0.1) is 5.92 Å². The van der Waals surface area contributed by atoms with E-state index in [1.165, 1.54) is 0 Å². The van der Waals surface area contributed by atoms with Crippen LogP contribution < -0.4 is 15.0 Å². The second-order valence-electron chi connectivity index (χ2n) is 12.4. The van der Waals surface area contributed by atoms with Gasteiger partial charge in [-0.1, -0.05) is 29.8 Å². The number of amides is 2. The van der Waals surface area contributed by atoms with Gasteiger partial charge in [-0.05, 0) is 68.9 Å². The Hall–Kier alpha value is -3.56. The average Bonchev–Trinajstić information content (AvgIpc) is 3.72. The minimum absolute atomic E-state index is 0.000532. The average molecular weight is 605 g/mol. The lowest BCUT2D eigenvalue weighted by Gasteiger charge is -2.37. The molecule has 10 heteroatoms. The molecule has 3 heterocycles. The summed E-state index contributed by atoms with van der Waals surface area (Å²) in [6.07, 6.45) is 7.50. The fraction of sp³-hybridized carbons (Fsp3) is 0.485. The number of nitrogens with zero attached hydrogens (tertiary/aromatic N) is 4. The van der Waals surface area contributed by atoms with E-state index in [1.54, 1.807) is 6.20 Å². The highest BCUT2D eigenvalue weighted by atomic mass is 35.5. The number of hydrogen-bond acceptors (Lipinski definition) is 6. The molecule has 0 radical (unpaired) electrons. The molecule has 2 aliphatic heterocycles. The van der Waals surface area contributed by atoms with E-state index >= 15 is 0 Å². The molecule has 2 amide bonds. The molecule has 2 aromatic carbocycles. The molecule has 1 unspecified atom stereocenters. The molecule has 0 spiro atoms. The summed E-state index contributed by atoms with van der Waals surface area (Å²) in [5.74, 6) is 0.776. The Morgan fingerprint density at radius 2 is 1.88 bits per heavy atom. The zero-order chi connectivity index (χ0) is 30.0. The van der Waals surface area contributed by atoms with Gasteiger partial charge >= 0.3 is 0 Å². The number of piperidine rings is 1. The highest BCUT2D eigenvalue weighted by Crippen LogP contribution is 2.35. The highest BCUT2D eigenvalue weighted by Gasteiger charge is 2.38. The predicted octanol–water partition coefficient (Wildman–Crippen LogP) is 4.73. The van der Waals surface area contributed by atoms with E-state index in [9.17, 15) is 9.59 Å². The molecule has 2 saturated heterocycles. The largest absolute Gasteiger partial charge is 0.478 e. The summed E-state index contributed by atoms with van der Waals surface area (Å²) in [4.78, 5) is 33.4. The fourth-order valence-corrected chi connectivity index (χ4v) is 6.44. The van der Waals surface area contributed by atoms with Crippen molar-refractivity contribution in [1.82, 2.24) is 25.3 Å². The van der Waals surface area contributed by atoms with Gasteiger partial charge in [-0.15, -0.1) is 0 Å². The van der Waals surface area contributed by atoms with Crippen molar-refractivity contribution < 1.29 is 14.3 Å². The number of ether oxygens (including phenoxy) is 1. The number of carbonyl (C=O) groups is 2. The van der Waals surface area contributed by atoms with Crippen molar-refractivity contribution >= 4 is 29.1 Å². The van der Waals surface area contributed by atoms with Crippen LogP contribution in [0.3, 0.4) is 0 Å². The Morgan fingerprint density at radius 3 is 2.60 bits per heavy atom. The maximum Gasteiger partial charge on any atom is 0.266 e. The van der Waals surface area contributed by atoms with Crippen molar-refractivity contribution in [2.24, 2.45) is 5.92 Å². The van der Waals surface area contributed by atoms with Crippen LogP contribution in [0.5, 0.6) is 5.75 Å². The molecule has 1 saturated carbocycles. The van der Waals surface area contributed by atoms with E-state index in [1.807, 2.05) is 61.3 Å². The third kappa shape index (κ3) is 6.83. The Morgan fingerprint density at radius 1 is 1.07 bits per heavy atom. The monoisotopic (exact) mass is 604 g/mol. The van der Waals surface area contributed by atoms with Gasteiger partial charge in [0.25, 0.3) is 5.91 Å². The van der Waals surface area contributed by atoms with Gasteiger partial charge in [-0.3, -0.25) is 14.7 Å². The summed E-state index contributed by atoms with van der Waals surface area (Å²) in [5.41, 5.74) is 2.98. The van der Waals surface area contributed by atoms with Gasteiger partial charge in [0.05, 0.1) is 12.1 Å². The van der Waals surface area contributed by atoms with Crippen molar-refractivity contribution in [3.63, 3.8) is 0 Å². The summed E-state index contributed by atoms with van der Waals surface area (Å²) in [7, 11) is 0. The Kier molecular flexibility index (Phi) is 8.63. The van der Waals surface area contributed by atoms with Crippen LogP contribution in [0.25, 0.3) is 11.1 Å². The number of benzene rings is 2. The molecular formula is C33H41ClN6O3. The quantitative estimate of drug-likeness (QED) is 0.367. The normalized spacial score (nSPS) is 19.3. The second kappa shape index (κ2) is 12.6. The smallest absolute Gasteiger partial charge is 0.266 e. The SMILES string of the molecule is CC(C)(Oc1cccc(N2CCCC(C(=O)N(Cc3ccc(-c4cn[nH]c4)cc3Cl)C3CC3)C2)c1)C(=O)N1CCNCC1. The summed E-state index contributed by atoms with van der Waals surface area (Å²) in [5, 5.41) is 10.8. The third-order valence-corrected chi connectivity index (χ3v) is 9.09. The van der Waals surface area contributed by atoms with Crippen molar-refractivity contribution in [2.45, 2.75) is 57.7 Å². The van der Waals surface area contributed by atoms with E-state index in [-0.39, 0.29) is 23.8 Å². The van der Waals surface area contributed by atoms with Crippen LogP contribution in [0.2, 0.25) is 5.02 Å². The van der Waals surface area contributed by atoms with Crippen molar-refractivity contribution in [2.75, 3.05) is 44.2 Å². The molecule has 9 nitrogen and oxygen atoms in total. The molecule has 6 rings (SSSR count). The number of aromatic nitrogens is 2. The van der Waals surface area contributed by atoms with Crippen molar-refractivity contribution in [1.29, 1.82) is 0 Å². The molecule has 228 valence electrons. The minimum atomic E-state index is -0.973. The number of rotatable bonds is 9. The van der Waals surface area contributed by atoms with E-state index in [4.69, 9.17) is 16.3 Å². The number of aromatic amines is 1. The number of H-pyrrole nitrogens is 1. The Bertz CT molecular complexity index is 1430. The first-order valence-electron chi connectivity index (χ1n) is 15.4. The maximum atomic E-state index is 14.0. The van der Waals surface area contributed by atoms with E-state index in [2.05, 4.69) is 31.4 Å². The molecular weight excluding hydrogens is 564 g/mol. The highest BCUT2D eigenvalue weighted by molar-refractivity contribution is 6.31. The number of halogens is 1. The summed E-state index contributed by atoms with van der Waals surface area (Å²) >= 11 is 6.72. The molecule has 43 heavy (non-hydrogen) atoms. The van der Waals surface area contributed by atoms with Crippen molar-refractivity contribution in [3.05, 3.63) is 65.4 Å². The maximum absolute atomic E-state index is 14.0. The first-order valence-corrected chi connectivity index (χ1v) is 15.8. The molecule has 3 fully saturated rings. The molecule has 3 aliphatic rings. The zero-order valence-corrected chi connectivity index (χ0v) is 25.8. The first-order chi connectivity index (χ1) is 20.8. The molecule has 1 atom stereocenters. The fourth-order valence-electron chi connectivity index (χ4n) is 6.20. The van der Waals surface area contributed by atoms with Crippen LogP contribution in [0.1, 0.15) is 45.1 Å². The van der Waals surface area contributed by atoms with Gasteiger partial charge in [0, 0.05) is 80.4 Å². The number of hydrogen-bond donors (Lipinski definition) is 2. The van der Waals surface area contributed by atoms with Gasteiger partial charge in [0.15, 0.2) is 5.60 Å². The predicted molar refractivity (Wildman–Crippen MR) is 168 cm³/mol. The lowest BCUT2D eigenvalue weighted by atomic mass is 9.95. The third-order valence-electron chi connectivity index (χ3n) is 8.74. The van der Waals surface area contributed by atoms with E-state index < -0.39 is 5.60 Å². The van der Waals surface area contributed by atoms with Gasteiger partial charge in [0.2, 0.25) is 5.91 Å². The number of anilines is 1. The van der Waals surface area contributed by atoms with E-state index in [0.717, 1.165) is 67.7 Å². The van der Waals surface area contributed by atoms with Gasteiger partial charge in [-0.25, -0.2) is 0 Å². The molecule has 2 N–H and O–H groups in total. The van der Waals surface area contributed by atoms with Crippen LogP contribution in [0.4, 0.5) is 5.69 Å². The van der Waals surface area contributed by atoms with Crippen LogP contribution >= 0.6 is 11.6 Å². The summed E-state index contributed by atoms with van der Waals surface area (Å²) in [6, 6.07) is 14.2. The second-order valence-corrected chi connectivity index (χ2v) is 12.8. The lowest BCUT2D eigenvalue weighted by molar-refractivity contribution is -0.146. The van der Waals surface area contributed by atoms with Gasteiger partial charge in [-0.2, -0.15) is 5.10 Å². The van der Waals surface area contributed by atoms with Crippen molar-refractivity contribution in [3.8, 4) is 16.9 Å². The van der Waals surface area contributed by atoms with Gasteiger partial charge in [0.1, 0.15) is 5.75 Å². The summed E-state index contributed by atoms with van der Waals surface area (Å²) < 4.78 is 6.28. The topological polar surface area (TPSA) is 93.8 Å². The summed E-state index contributed by atoms with van der Waals surface area (Å²) in [6.45, 7) is 8.70. The zero-order valence-electron chi connectivity index (χ0n) is 25.0. The van der Waals surface area contributed by atoms with Gasteiger partial charge < -0.3 is 24.8 Å². The minimum Gasteiger partial charge on any atom is -0.478 e. The molecule has 1 aromatic heterocycles. The number of nitrogens with one attached hydrogen (secondary N) is 2. The number of piperazine rings is 1. The molecule has 1 aliphatic carbocycles. The lowest BCUT2D eigenvalue weighted by Crippen LogP contribution is -2.54. The van der Waals surface area contributed by atoms with Crippen LogP contribution in [0.15, 0.2) is 54.9 Å². The molecule has 3 aromatic rings. The Labute approximate surface area is 258 Å². The molecule has 0 bridgehead atoms. The van der Waals surface area contributed by atoms with Crippen LogP contribution in [-0.4, -0.2) is 82.7 Å². The Balaban J connectivity index is 1.12.